The summed E-state index contributed by atoms with van der Waals surface area (Å²) in [6.07, 6.45) is 0. The number of anilines is 1. The highest BCUT2D eigenvalue weighted by Gasteiger charge is 2.06. The molecular formula is C16H17BrN2OS. The lowest BCUT2D eigenvalue weighted by molar-refractivity contribution is -0.113. The number of amides is 1. The van der Waals surface area contributed by atoms with E-state index in [1.165, 1.54) is 17.3 Å². The molecule has 0 aliphatic carbocycles. The van der Waals surface area contributed by atoms with Crippen molar-refractivity contribution < 1.29 is 4.79 Å². The smallest absolute Gasteiger partial charge is 0.234 e. The third-order valence-electron chi connectivity index (χ3n) is 2.80. The lowest BCUT2D eigenvalue weighted by atomic mass is 10.2. The molecule has 0 aliphatic heterocycles. The Morgan fingerprint density at radius 1 is 1.19 bits per heavy atom. The Bertz CT molecular complexity index is 619. The van der Waals surface area contributed by atoms with Crippen LogP contribution >= 0.6 is 27.7 Å². The van der Waals surface area contributed by atoms with Gasteiger partial charge < -0.3 is 10.6 Å². The Balaban J connectivity index is 1.89. The van der Waals surface area contributed by atoms with Crippen LogP contribution in [0.5, 0.6) is 0 Å². The van der Waals surface area contributed by atoms with Gasteiger partial charge in [0, 0.05) is 15.9 Å². The molecule has 2 aromatic rings. The van der Waals surface area contributed by atoms with Crippen molar-refractivity contribution in [1.82, 2.24) is 5.32 Å². The molecule has 21 heavy (non-hydrogen) atoms. The van der Waals surface area contributed by atoms with Crippen LogP contribution in [0.2, 0.25) is 0 Å². The monoisotopic (exact) mass is 364 g/mol. The quantitative estimate of drug-likeness (QED) is 0.763. The molecule has 0 saturated heterocycles. The van der Waals surface area contributed by atoms with E-state index >= 15 is 0 Å². The highest BCUT2D eigenvalue weighted by molar-refractivity contribution is 9.10. The van der Waals surface area contributed by atoms with E-state index in [9.17, 15) is 4.79 Å². The number of nitrogens with one attached hydrogen (secondary N) is 2. The van der Waals surface area contributed by atoms with E-state index in [-0.39, 0.29) is 5.91 Å². The molecule has 2 aromatic carbocycles. The SMILES string of the molecule is CNCc1cccc(SCC(=O)Nc2ccccc2Br)c1. The summed E-state index contributed by atoms with van der Waals surface area (Å²) in [5.41, 5.74) is 2.01. The number of benzene rings is 2. The molecule has 0 aromatic heterocycles. The van der Waals surface area contributed by atoms with Gasteiger partial charge in [-0.1, -0.05) is 24.3 Å². The summed E-state index contributed by atoms with van der Waals surface area (Å²) in [7, 11) is 1.92. The highest BCUT2D eigenvalue weighted by atomic mass is 79.9. The van der Waals surface area contributed by atoms with Gasteiger partial charge in [-0.05, 0) is 52.8 Å². The number of halogens is 1. The maximum absolute atomic E-state index is 12.0. The van der Waals surface area contributed by atoms with Gasteiger partial charge in [0.2, 0.25) is 5.91 Å². The van der Waals surface area contributed by atoms with E-state index in [0.717, 1.165) is 21.6 Å². The number of hydrogen-bond donors (Lipinski definition) is 2. The number of rotatable bonds is 6. The minimum absolute atomic E-state index is 0.00841. The molecule has 0 spiro atoms. The Morgan fingerprint density at radius 3 is 2.76 bits per heavy atom. The van der Waals surface area contributed by atoms with Gasteiger partial charge in [-0.3, -0.25) is 4.79 Å². The first-order chi connectivity index (χ1) is 10.2. The van der Waals surface area contributed by atoms with Crippen molar-refractivity contribution in [3.8, 4) is 0 Å². The topological polar surface area (TPSA) is 41.1 Å². The van der Waals surface area contributed by atoms with Crippen molar-refractivity contribution >= 4 is 39.3 Å². The predicted octanol–water partition coefficient (Wildman–Crippen LogP) is 3.90. The Morgan fingerprint density at radius 2 is 2.00 bits per heavy atom. The summed E-state index contributed by atoms with van der Waals surface area (Å²) in [6.45, 7) is 0.831. The second kappa shape index (κ2) is 8.22. The fourth-order valence-corrected chi connectivity index (χ4v) is 3.01. The number of hydrogen-bond acceptors (Lipinski definition) is 3. The molecule has 0 aliphatic rings. The predicted molar refractivity (Wildman–Crippen MR) is 92.7 cm³/mol. The van der Waals surface area contributed by atoms with Crippen LogP contribution in [0.25, 0.3) is 0 Å². The fourth-order valence-electron chi connectivity index (χ4n) is 1.85. The molecule has 2 rings (SSSR count). The third-order valence-corrected chi connectivity index (χ3v) is 4.48. The van der Waals surface area contributed by atoms with Crippen LogP contribution in [0.1, 0.15) is 5.56 Å². The van der Waals surface area contributed by atoms with Crippen LogP contribution < -0.4 is 10.6 Å². The van der Waals surface area contributed by atoms with Gasteiger partial charge in [-0.25, -0.2) is 0 Å². The third kappa shape index (κ3) is 5.19. The van der Waals surface area contributed by atoms with Gasteiger partial charge in [0.25, 0.3) is 0 Å². The van der Waals surface area contributed by atoms with Crippen LogP contribution in [0, 0.1) is 0 Å². The molecule has 0 bridgehead atoms. The Kier molecular flexibility index (Phi) is 6.29. The van der Waals surface area contributed by atoms with Crippen LogP contribution in [0.4, 0.5) is 5.69 Å². The van der Waals surface area contributed by atoms with Gasteiger partial charge in [-0.2, -0.15) is 0 Å². The summed E-state index contributed by atoms with van der Waals surface area (Å²) < 4.78 is 0.888. The van der Waals surface area contributed by atoms with Crippen molar-refractivity contribution in [3.63, 3.8) is 0 Å². The second-order valence-electron chi connectivity index (χ2n) is 4.49. The maximum Gasteiger partial charge on any atom is 0.234 e. The molecule has 0 unspecified atom stereocenters. The van der Waals surface area contributed by atoms with Crippen molar-refractivity contribution in [2.75, 3.05) is 18.1 Å². The molecule has 5 heteroatoms. The van der Waals surface area contributed by atoms with Gasteiger partial charge in [0.1, 0.15) is 0 Å². The molecule has 0 atom stereocenters. The lowest BCUT2D eigenvalue weighted by Gasteiger charge is -2.08. The molecule has 0 heterocycles. The zero-order valence-electron chi connectivity index (χ0n) is 11.7. The second-order valence-corrected chi connectivity index (χ2v) is 6.40. The van der Waals surface area contributed by atoms with Crippen molar-refractivity contribution in [2.24, 2.45) is 0 Å². The van der Waals surface area contributed by atoms with E-state index in [1.54, 1.807) is 0 Å². The normalized spacial score (nSPS) is 10.4. The van der Waals surface area contributed by atoms with Crippen molar-refractivity contribution in [2.45, 2.75) is 11.4 Å². The fraction of sp³-hybridized carbons (Fsp3) is 0.188. The van der Waals surface area contributed by atoms with Crippen molar-refractivity contribution in [3.05, 3.63) is 58.6 Å². The average molecular weight is 365 g/mol. The summed E-state index contributed by atoms with van der Waals surface area (Å²) >= 11 is 4.96. The number of carbonyl (C=O) groups is 1. The molecule has 2 N–H and O–H groups in total. The number of thioether (sulfide) groups is 1. The van der Waals surface area contributed by atoms with E-state index in [4.69, 9.17) is 0 Å². The molecule has 0 saturated carbocycles. The van der Waals surface area contributed by atoms with Gasteiger partial charge >= 0.3 is 0 Å². The van der Waals surface area contributed by atoms with Crippen LogP contribution in [-0.4, -0.2) is 18.7 Å². The number of para-hydroxylation sites is 1. The molecule has 0 fully saturated rings. The molecular weight excluding hydrogens is 348 g/mol. The molecule has 3 nitrogen and oxygen atoms in total. The largest absolute Gasteiger partial charge is 0.324 e. The maximum atomic E-state index is 12.0. The van der Waals surface area contributed by atoms with Crippen molar-refractivity contribution in [1.29, 1.82) is 0 Å². The Hall–Kier alpha value is -1.30. The van der Waals surface area contributed by atoms with Gasteiger partial charge in [0.15, 0.2) is 0 Å². The molecule has 110 valence electrons. The first-order valence-corrected chi connectivity index (χ1v) is 8.37. The summed E-state index contributed by atoms with van der Waals surface area (Å²) in [6, 6.07) is 15.8. The Labute approximate surface area is 137 Å². The molecule has 1 amide bonds. The van der Waals surface area contributed by atoms with Gasteiger partial charge in [0.05, 0.1) is 11.4 Å². The van der Waals surface area contributed by atoms with Crippen LogP contribution in [-0.2, 0) is 11.3 Å². The lowest BCUT2D eigenvalue weighted by Crippen LogP contribution is -2.14. The van der Waals surface area contributed by atoms with Crippen LogP contribution in [0.15, 0.2) is 57.9 Å². The summed E-state index contributed by atoms with van der Waals surface area (Å²) in [5.74, 6) is 0.385. The van der Waals surface area contributed by atoms with E-state index in [2.05, 4.69) is 38.7 Å². The minimum atomic E-state index is -0.00841. The molecule has 0 radical (unpaired) electrons. The average Bonchev–Trinajstić information content (AvgIpc) is 2.48. The van der Waals surface area contributed by atoms with Gasteiger partial charge in [-0.15, -0.1) is 11.8 Å². The first-order valence-electron chi connectivity index (χ1n) is 6.60. The summed E-state index contributed by atoms with van der Waals surface area (Å²) in [5, 5.41) is 6.02. The van der Waals surface area contributed by atoms with E-state index in [0.29, 0.717) is 5.75 Å². The first kappa shape index (κ1) is 16.1. The van der Waals surface area contributed by atoms with E-state index < -0.39 is 0 Å². The highest BCUT2D eigenvalue weighted by Crippen LogP contribution is 2.23. The van der Waals surface area contributed by atoms with Crippen LogP contribution in [0.3, 0.4) is 0 Å². The zero-order valence-corrected chi connectivity index (χ0v) is 14.1. The summed E-state index contributed by atoms with van der Waals surface area (Å²) in [4.78, 5) is 13.1. The minimum Gasteiger partial charge on any atom is -0.324 e. The zero-order chi connectivity index (χ0) is 15.1. The standard InChI is InChI=1S/C16H17BrN2OS/c1-18-10-12-5-4-6-13(9-12)21-11-16(20)19-15-8-3-2-7-14(15)17/h2-9,18H,10-11H2,1H3,(H,19,20). The van der Waals surface area contributed by atoms with E-state index in [1.807, 2.05) is 43.4 Å². The number of carbonyl (C=O) groups excluding carboxylic acids is 1.